The van der Waals surface area contributed by atoms with Gasteiger partial charge >= 0.3 is 6.09 Å². The number of nitrogens with zero attached hydrogens (tertiary/aromatic N) is 2. The average Bonchev–Trinajstić information content (AvgIpc) is 2.47. The SMILES string of the molecule is CCNC(=O)OC1CCN(c2cccc(C(C)(C)C)n2)CC1. The van der Waals surface area contributed by atoms with Crippen LogP contribution in [0.4, 0.5) is 10.6 Å². The maximum atomic E-state index is 11.5. The van der Waals surface area contributed by atoms with Crippen molar-refractivity contribution in [2.24, 2.45) is 0 Å². The van der Waals surface area contributed by atoms with Crippen LogP contribution in [0.25, 0.3) is 0 Å². The van der Waals surface area contributed by atoms with E-state index in [1.807, 2.05) is 6.92 Å². The number of aromatic nitrogens is 1. The first-order valence-corrected chi connectivity index (χ1v) is 8.07. The molecule has 1 aromatic rings. The number of amides is 1. The van der Waals surface area contributed by atoms with Crippen LogP contribution >= 0.6 is 0 Å². The molecule has 5 nitrogen and oxygen atoms in total. The summed E-state index contributed by atoms with van der Waals surface area (Å²) >= 11 is 0. The summed E-state index contributed by atoms with van der Waals surface area (Å²) in [6.07, 6.45) is 1.39. The van der Waals surface area contributed by atoms with E-state index in [4.69, 9.17) is 9.72 Å². The third-order valence-corrected chi connectivity index (χ3v) is 3.86. The van der Waals surface area contributed by atoms with Gasteiger partial charge in [0.25, 0.3) is 0 Å². The molecule has 0 aliphatic carbocycles. The van der Waals surface area contributed by atoms with Crippen molar-refractivity contribution in [3.8, 4) is 0 Å². The summed E-state index contributed by atoms with van der Waals surface area (Å²) in [5.74, 6) is 1.02. The first kappa shape index (κ1) is 16.6. The lowest BCUT2D eigenvalue weighted by atomic mass is 9.92. The van der Waals surface area contributed by atoms with E-state index in [0.717, 1.165) is 37.4 Å². The van der Waals surface area contributed by atoms with Gasteiger partial charge in [-0.15, -0.1) is 0 Å². The monoisotopic (exact) mass is 305 g/mol. The predicted molar refractivity (Wildman–Crippen MR) is 88.3 cm³/mol. The van der Waals surface area contributed by atoms with Crippen LogP contribution in [-0.4, -0.2) is 36.8 Å². The number of hydrogen-bond donors (Lipinski definition) is 1. The molecule has 1 aliphatic heterocycles. The highest BCUT2D eigenvalue weighted by molar-refractivity contribution is 5.67. The van der Waals surface area contributed by atoms with Crippen molar-refractivity contribution in [2.75, 3.05) is 24.5 Å². The Morgan fingerprint density at radius 1 is 1.36 bits per heavy atom. The minimum Gasteiger partial charge on any atom is -0.446 e. The molecule has 0 unspecified atom stereocenters. The number of alkyl carbamates (subject to hydrolysis) is 1. The molecule has 1 amide bonds. The van der Waals surface area contributed by atoms with E-state index in [-0.39, 0.29) is 17.6 Å². The molecule has 2 rings (SSSR count). The van der Waals surface area contributed by atoms with Crippen molar-refractivity contribution in [1.29, 1.82) is 0 Å². The van der Waals surface area contributed by atoms with E-state index in [0.29, 0.717) is 6.54 Å². The van der Waals surface area contributed by atoms with Crippen molar-refractivity contribution < 1.29 is 9.53 Å². The Morgan fingerprint density at radius 2 is 2.05 bits per heavy atom. The van der Waals surface area contributed by atoms with Gasteiger partial charge in [-0.25, -0.2) is 9.78 Å². The van der Waals surface area contributed by atoms with Gasteiger partial charge in [0.15, 0.2) is 0 Å². The standard InChI is InChI=1S/C17H27N3O2/c1-5-18-16(21)22-13-9-11-20(12-10-13)15-8-6-7-14(19-15)17(2,3)4/h6-8,13H,5,9-12H2,1-4H3,(H,18,21). The van der Waals surface area contributed by atoms with Gasteiger partial charge < -0.3 is 15.0 Å². The molecule has 122 valence electrons. The summed E-state index contributed by atoms with van der Waals surface area (Å²) in [6, 6.07) is 6.20. The molecule has 0 atom stereocenters. The number of hydrogen-bond acceptors (Lipinski definition) is 4. The van der Waals surface area contributed by atoms with Crippen LogP contribution in [0.3, 0.4) is 0 Å². The van der Waals surface area contributed by atoms with Crippen molar-refractivity contribution in [3.63, 3.8) is 0 Å². The fourth-order valence-electron chi connectivity index (χ4n) is 2.56. The van der Waals surface area contributed by atoms with Gasteiger partial charge in [0.1, 0.15) is 11.9 Å². The molecular weight excluding hydrogens is 278 g/mol. The lowest BCUT2D eigenvalue weighted by Crippen LogP contribution is -2.40. The quantitative estimate of drug-likeness (QED) is 0.932. The van der Waals surface area contributed by atoms with E-state index in [1.165, 1.54) is 0 Å². The topological polar surface area (TPSA) is 54.5 Å². The van der Waals surface area contributed by atoms with E-state index in [9.17, 15) is 4.79 Å². The van der Waals surface area contributed by atoms with Crippen LogP contribution in [0, 0.1) is 0 Å². The van der Waals surface area contributed by atoms with Gasteiger partial charge in [-0.05, 0) is 19.1 Å². The van der Waals surface area contributed by atoms with E-state index in [2.05, 4.69) is 49.2 Å². The first-order valence-electron chi connectivity index (χ1n) is 8.07. The molecule has 1 saturated heterocycles. The maximum absolute atomic E-state index is 11.5. The van der Waals surface area contributed by atoms with Gasteiger partial charge in [0, 0.05) is 43.6 Å². The summed E-state index contributed by atoms with van der Waals surface area (Å²) in [4.78, 5) is 18.5. The van der Waals surface area contributed by atoms with Crippen molar-refractivity contribution in [3.05, 3.63) is 23.9 Å². The number of rotatable bonds is 3. The molecule has 0 spiro atoms. The van der Waals surface area contributed by atoms with E-state index in [1.54, 1.807) is 0 Å². The van der Waals surface area contributed by atoms with Crippen LogP contribution < -0.4 is 10.2 Å². The maximum Gasteiger partial charge on any atom is 0.407 e. The normalized spacial score (nSPS) is 16.5. The van der Waals surface area contributed by atoms with Crippen LogP contribution in [0.5, 0.6) is 0 Å². The highest BCUT2D eigenvalue weighted by atomic mass is 16.6. The minimum atomic E-state index is -0.311. The third-order valence-electron chi connectivity index (χ3n) is 3.86. The minimum absolute atomic E-state index is 0.00796. The summed E-state index contributed by atoms with van der Waals surface area (Å²) in [7, 11) is 0. The average molecular weight is 305 g/mol. The van der Waals surface area contributed by atoms with Gasteiger partial charge in [-0.1, -0.05) is 26.8 Å². The Bertz CT molecular complexity index is 503. The van der Waals surface area contributed by atoms with Crippen LogP contribution in [0.1, 0.15) is 46.2 Å². The largest absolute Gasteiger partial charge is 0.446 e. The van der Waals surface area contributed by atoms with Crippen LogP contribution in [-0.2, 0) is 10.2 Å². The van der Waals surface area contributed by atoms with Crippen LogP contribution in [0.15, 0.2) is 18.2 Å². The molecule has 2 heterocycles. The molecule has 1 aliphatic rings. The lowest BCUT2D eigenvalue weighted by Gasteiger charge is -2.33. The fourth-order valence-corrected chi connectivity index (χ4v) is 2.56. The highest BCUT2D eigenvalue weighted by Crippen LogP contribution is 2.25. The zero-order chi connectivity index (χ0) is 16.2. The molecule has 0 aromatic carbocycles. The summed E-state index contributed by atoms with van der Waals surface area (Å²) in [5.41, 5.74) is 1.15. The number of ether oxygens (including phenoxy) is 1. The molecule has 1 N–H and O–H groups in total. The number of piperidine rings is 1. The second-order valence-electron chi connectivity index (χ2n) is 6.75. The molecule has 0 bridgehead atoms. The molecule has 1 fully saturated rings. The Kier molecular flexibility index (Phi) is 5.27. The van der Waals surface area contributed by atoms with Gasteiger partial charge in [-0.3, -0.25) is 0 Å². The smallest absolute Gasteiger partial charge is 0.407 e. The molecule has 1 aromatic heterocycles. The third kappa shape index (κ3) is 4.36. The Morgan fingerprint density at radius 3 is 2.64 bits per heavy atom. The lowest BCUT2D eigenvalue weighted by molar-refractivity contribution is 0.0836. The molecule has 0 radical (unpaired) electrons. The molecule has 5 heteroatoms. The first-order chi connectivity index (χ1) is 10.4. The second kappa shape index (κ2) is 6.99. The predicted octanol–water partition coefficient (Wildman–Crippen LogP) is 3.09. The zero-order valence-corrected chi connectivity index (χ0v) is 14.1. The zero-order valence-electron chi connectivity index (χ0n) is 14.1. The van der Waals surface area contributed by atoms with E-state index < -0.39 is 0 Å². The number of carbonyl (C=O) groups excluding carboxylic acids is 1. The number of anilines is 1. The Balaban J connectivity index is 1.93. The molecular formula is C17H27N3O2. The van der Waals surface area contributed by atoms with Crippen molar-refractivity contribution >= 4 is 11.9 Å². The molecule has 22 heavy (non-hydrogen) atoms. The highest BCUT2D eigenvalue weighted by Gasteiger charge is 2.24. The van der Waals surface area contributed by atoms with Gasteiger partial charge in [0.2, 0.25) is 0 Å². The van der Waals surface area contributed by atoms with E-state index >= 15 is 0 Å². The fraction of sp³-hybridized carbons (Fsp3) is 0.647. The number of nitrogens with one attached hydrogen (secondary N) is 1. The van der Waals surface area contributed by atoms with Gasteiger partial charge in [0.05, 0.1) is 0 Å². The number of carbonyl (C=O) groups is 1. The van der Waals surface area contributed by atoms with Crippen molar-refractivity contribution in [1.82, 2.24) is 10.3 Å². The van der Waals surface area contributed by atoms with Crippen molar-refractivity contribution in [2.45, 2.75) is 52.1 Å². The summed E-state index contributed by atoms with van der Waals surface area (Å²) < 4.78 is 5.40. The van der Waals surface area contributed by atoms with Gasteiger partial charge in [-0.2, -0.15) is 0 Å². The summed E-state index contributed by atoms with van der Waals surface area (Å²) in [6.45, 7) is 10.7. The second-order valence-corrected chi connectivity index (χ2v) is 6.75. The van der Waals surface area contributed by atoms with Crippen LogP contribution in [0.2, 0.25) is 0 Å². The molecule has 0 saturated carbocycles. The Labute approximate surface area is 133 Å². The Hall–Kier alpha value is -1.78. The number of pyridine rings is 1. The summed E-state index contributed by atoms with van der Waals surface area (Å²) in [5, 5.41) is 2.67.